The van der Waals surface area contributed by atoms with Gasteiger partial charge in [0.15, 0.2) is 0 Å². The monoisotopic (exact) mass is 115 g/mol. The Labute approximate surface area is 47.9 Å². The van der Waals surface area contributed by atoms with Crippen molar-refractivity contribution in [2.75, 3.05) is 0 Å². The van der Waals surface area contributed by atoms with E-state index in [4.69, 9.17) is 4.43 Å². The van der Waals surface area contributed by atoms with Crippen LogP contribution in [0.5, 0.6) is 0 Å². The second-order valence-corrected chi connectivity index (χ2v) is 1.54. The number of hydrogen-bond acceptors (Lipinski definition) is 1. The van der Waals surface area contributed by atoms with Gasteiger partial charge in [-0.25, -0.2) is 0 Å². The van der Waals surface area contributed by atoms with Crippen LogP contribution in [0.15, 0.2) is 11.8 Å². The van der Waals surface area contributed by atoms with Crippen LogP contribution in [0.4, 0.5) is 0 Å². The maximum atomic E-state index is 4.94. The van der Waals surface area contributed by atoms with Crippen molar-refractivity contribution in [2.24, 2.45) is 0 Å². The maximum Gasteiger partial charge on any atom is 0.243 e. The van der Waals surface area contributed by atoms with Crippen LogP contribution < -0.4 is 0 Å². The molecule has 0 aliphatic heterocycles. The molecule has 0 atom stereocenters. The van der Waals surface area contributed by atoms with Crippen LogP contribution in [0.25, 0.3) is 0 Å². The van der Waals surface area contributed by atoms with Crippen molar-refractivity contribution in [1.29, 1.82) is 0 Å². The van der Waals surface area contributed by atoms with E-state index in [2.05, 4.69) is 6.92 Å². The van der Waals surface area contributed by atoms with E-state index in [1.165, 1.54) is 10.5 Å². The van der Waals surface area contributed by atoms with Gasteiger partial charge in [-0.2, -0.15) is 0 Å². The highest BCUT2D eigenvalue weighted by molar-refractivity contribution is 5.98. The van der Waals surface area contributed by atoms with E-state index in [0.717, 1.165) is 12.2 Å². The summed E-state index contributed by atoms with van der Waals surface area (Å²) in [5.41, 5.74) is 0. The van der Waals surface area contributed by atoms with Gasteiger partial charge >= 0.3 is 0 Å². The summed E-state index contributed by atoms with van der Waals surface area (Å²) in [6.07, 6.45) is 2.98. The molecule has 0 unspecified atom stereocenters. The molecule has 0 amide bonds. The van der Waals surface area contributed by atoms with E-state index in [9.17, 15) is 0 Å². The van der Waals surface area contributed by atoms with E-state index in [1.54, 1.807) is 0 Å². The van der Waals surface area contributed by atoms with Crippen molar-refractivity contribution in [3.8, 4) is 0 Å². The maximum absolute atomic E-state index is 4.94. The fourth-order valence-electron chi connectivity index (χ4n) is 0.390. The Morgan fingerprint density at radius 1 is 1.86 bits per heavy atom. The number of hydrogen-bond donors (Lipinski definition) is 0. The van der Waals surface area contributed by atoms with E-state index in [1.807, 2.05) is 13.0 Å². The first-order chi connectivity index (χ1) is 3.35. The van der Waals surface area contributed by atoms with Gasteiger partial charge in [0.05, 0.1) is 5.76 Å². The second kappa shape index (κ2) is 3.93. The topological polar surface area (TPSA) is 9.23 Å². The van der Waals surface area contributed by atoms with Crippen LogP contribution in [0, 0.1) is 0 Å². The predicted molar refractivity (Wildman–Crippen MR) is 33.7 cm³/mol. The van der Waals surface area contributed by atoms with Crippen molar-refractivity contribution < 1.29 is 4.43 Å². The molecule has 0 aromatic carbocycles. The molecule has 0 rings (SSSR count). The average Bonchev–Trinajstić information content (AvgIpc) is 1.72. The third-order valence-corrected chi connectivity index (χ3v) is 1.23. The normalized spacial score (nSPS) is 11.6. The molecule has 1 radical (unpaired) electrons. The largest absolute Gasteiger partial charge is 0.552 e. The molecule has 0 aromatic rings. The fraction of sp³-hybridized carbons (Fsp3) is 0.600. The van der Waals surface area contributed by atoms with Crippen LogP contribution in [0.2, 0.25) is 0 Å². The van der Waals surface area contributed by atoms with E-state index < -0.39 is 0 Å². The molecule has 1 nitrogen and oxygen atoms in total. The standard InChI is InChI=1S/C5H11OSi/c1-3-5(4-2)6-7/h3H,4,7H2,1-2H3/b5-3+. The van der Waals surface area contributed by atoms with Gasteiger partial charge in [-0.1, -0.05) is 13.0 Å². The first kappa shape index (κ1) is 6.76. The van der Waals surface area contributed by atoms with Gasteiger partial charge in [0.2, 0.25) is 10.5 Å². The van der Waals surface area contributed by atoms with Crippen molar-refractivity contribution in [1.82, 2.24) is 0 Å². The molecular formula is C5H11OSi. The Balaban J connectivity index is 3.38. The molecule has 0 aromatic heterocycles. The average molecular weight is 115 g/mol. The lowest BCUT2D eigenvalue weighted by atomic mass is 10.4. The SMILES string of the molecule is C/C=C(\CC)O[SiH2]. The molecular weight excluding hydrogens is 104 g/mol. The summed E-state index contributed by atoms with van der Waals surface area (Å²) in [7, 11) is 1.52. The van der Waals surface area contributed by atoms with Gasteiger partial charge in [-0.15, -0.1) is 0 Å². The van der Waals surface area contributed by atoms with E-state index in [-0.39, 0.29) is 0 Å². The van der Waals surface area contributed by atoms with E-state index >= 15 is 0 Å². The smallest absolute Gasteiger partial charge is 0.243 e. The van der Waals surface area contributed by atoms with Crippen molar-refractivity contribution >= 4 is 10.5 Å². The Bertz CT molecular complexity index is 62.5. The molecule has 0 aliphatic rings. The van der Waals surface area contributed by atoms with Crippen LogP contribution in [0.3, 0.4) is 0 Å². The Hall–Kier alpha value is -0.243. The predicted octanol–water partition coefficient (Wildman–Crippen LogP) is 0.865. The molecule has 2 heteroatoms. The lowest BCUT2D eigenvalue weighted by molar-refractivity contribution is 0.449. The fourth-order valence-corrected chi connectivity index (χ4v) is 0.760. The third-order valence-electron chi connectivity index (χ3n) is 0.856. The lowest BCUT2D eigenvalue weighted by Crippen LogP contribution is -1.82. The minimum absolute atomic E-state index is 1.00. The van der Waals surface area contributed by atoms with Gasteiger partial charge in [0.1, 0.15) is 0 Å². The van der Waals surface area contributed by atoms with Crippen LogP contribution in [-0.4, -0.2) is 10.5 Å². The molecule has 41 valence electrons. The highest BCUT2D eigenvalue weighted by atomic mass is 28.2. The molecule has 0 bridgehead atoms. The van der Waals surface area contributed by atoms with Crippen molar-refractivity contribution in [3.05, 3.63) is 11.8 Å². The van der Waals surface area contributed by atoms with Crippen LogP contribution >= 0.6 is 0 Å². The third kappa shape index (κ3) is 2.45. The van der Waals surface area contributed by atoms with Gasteiger partial charge in [0, 0.05) is 6.42 Å². The Kier molecular flexibility index (Phi) is 3.79. The second-order valence-electron chi connectivity index (χ2n) is 1.25. The molecule has 0 saturated heterocycles. The zero-order valence-electron chi connectivity index (χ0n) is 4.90. The molecule has 0 saturated carbocycles. The molecule has 7 heavy (non-hydrogen) atoms. The molecule has 0 N–H and O–H groups in total. The van der Waals surface area contributed by atoms with E-state index in [0.29, 0.717) is 0 Å². The quantitative estimate of drug-likeness (QED) is 0.383. The summed E-state index contributed by atoms with van der Waals surface area (Å²) < 4.78 is 4.94. The minimum Gasteiger partial charge on any atom is -0.552 e. The molecule has 0 aliphatic carbocycles. The summed E-state index contributed by atoms with van der Waals surface area (Å²) in [5, 5.41) is 0. The summed E-state index contributed by atoms with van der Waals surface area (Å²) in [6.45, 7) is 4.05. The molecule has 0 heterocycles. The number of allylic oxidation sites excluding steroid dienone is 2. The van der Waals surface area contributed by atoms with Gasteiger partial charge in [-0.05, 0) is 6.92 Å². The first-order valence-electron chi connectivity index (χ1n) is 2.42. The summed E-state index contributed by atoms with van der Waals surface area (Å²) >= 11 is 0. The summed E-state index contributed by atoms with van der Waals surface area (Å²) in [6, 6.07) is 0. The van der Waals surface area contributed by atoms with Crippen LogP contribution in [-0.2, 0) is 4.43 Å². The summed E-state index contributed by atoms with van der Waals surface area (Å²) in [5.74, 6) is 1.07. The highest BCUT2D eigenvalue weighted by Crippen LogP contribution is 1.97. The zero-order chi connectivity index (χ0) is 5.70. The van der Waals surface area contributed by atoms with Crippen LogP contribution in [0.1, 0.15) is 20.3 Å². The molecule has 0 spiro atoms. The minimum atomic E-state index is 1.00. The molecule has 0 fully saturated rings. The Morgan fingerprint density at radius 2 is 2.43 bits per heavy atom. The summed E-state index contributed by atoms with van der Waals surface area (Å²) in [4.78, 5) is 0. The highest BCUT2D eigenvalue weighted by Gasteiger charge is 1.82. The van der Waals surface area contributed by atoms with Gasteiger partial charge in [0.25, 0.3) is 0 Å². The van der Waals surface area contributed by atoms with Gasteiger partial charge < -0.3 is 4.43 Å². The number of rotatable bonds is 2. The lowest BCUT2D eigenvalue weighted by Gasteiger charge is -1.98. The van der Waals surface area contributed by atoms with Crippen molar-refractivity contribution in [3.63, 3.8) is 0 Å². The van der Waals surface area contributed by atoms with Crippen molar-refractivity contribution in [2.45, 2.75) is 20.3 Å². The van der Waals surface area contributed by atoms with Gasteiger partial charge in [-0.3, -0.25) is 0 Å². The zero-order valence-corrected chi connectivity index (χ0v) is 6.31. The Morgan fingerprint density at radius 3 is 2.43 bits per heavy atom. The first-order valence-corrected chi connectivity index (χ1v) is 3.00.